The van der Waals surface area contributed by atoms with E-state index in [4.69, 9.17) is 4.74 Å². The molecule has 3 heterocycles. The average Bonchev–Trinajstić information content (AvgIpc) is 3.40. The predicted octanol–water partition coefficient (Wildman–Crippen LogP) is 3.77. The molecule has 0 radical (unpaired) electrons. The second-order valence-corrected chi connectivity index (χ2v) is 10.5. The molecule has 0 fully saturated rings. The number of carbonyl (C=O) groups is 2. The van der Waals surface area contributed by atoms with E-state index in [2.05, 4.69) is 10.3 Å². The zero-order chi connectivity index (χ0) is 25.7. The molecule has 2 aromatic heterocycles. The van der Waals surface area contributed by atoms with Gasteiger partial charge in [0, 0.05) is 6.07 Å². The molecule has 0 spiro atoms. The van der Waals surface area contributed by atoms with Crippen molar-refractivity contribution in [3.8, 4) is 0 Å². The van der Waals surface area contributed by atoms with E-state index in [1.165, 1.54) is 21.8 Å². The molecule has 0 saturated heterocycles. The number of fused-ring (bicyclic) bond motifs is 2. The summed E-state index contributed by atoms with van der Waals surface area (Å²) in [7, 11) is 0. The SMILES string of the molecule is Cc1[nH]c(/C=C2\C(=O)Nc3cc(F)c(F)cc32)c(C)c1C(=O)OCCn1[se]c2ccc(F)cc2c1=O. The van der Waals surface area contributed by atoms with Crippen molar-refractivity contribution in [1.82, 2.24) is 8.55 Å². The van der Waals surface area contributed by atoms with Crippen LogP contribution in [0.15, 0.2) is 35.1 Å². The van der Waals surface area contributed by atoms with Crippen LogP contribution >= 0.6 is 0 Å². The van der Waals surface area contributed by atoms with Gasteiger partial charge in [0.1, 0.15) is 0 Å². The maximum absolute atomic E-state index is 13.8. The monoisotopic (exact) mass is 561 g/mol. The summed E-state index contributed by atoms with van der Waals surface area (Å²) in [6.07, 6.45) is 1.47. The Bertz CT molecular complexity index is 1670. The fourth-order valence-electron chi connectivity index (χ4n) is 4.18. The van der Waals surface area contributed by atoms with Gasteiger partial charge in [-0.05, 0) is 0 Å². The molecule has 0 bridgehead atoms. The van der Waals surface area contributed by atoms with E-state index in [1.54, 1.807) is 19.9 Å². The minimum absolute atomic E-state index is 0.0517. The zero-order valence-corrected chi connectivity index (χ0v) is 20.7. The van der Waals surface area contributed by atoms with Crippen LogP contribution in [0.3, 0.4) is 0 Å². The van der Waals surface area contributed by atoms with Crippen molar-refractivity contribution < 1.29 is 27.5 Å². The second kappa shape index (κ2) is 9.00. The summed E-state index contributed by atoms with van der Waals surface area (Å²) >= 11 is -0.327. The minimum atomic E-state index is -1.08. The Balaban J connectivity index is 1.35. The van der Waals surface area contributed by atoms with Crippen molar-refractivity contribution in [3.63, 3.8) is 0 Å². The average molecular weight is 560 g/mol. The van der Waals surface area contributed by atoms with Crippen LogP contribution in [0.25, 0.3) is 21.3 Å². The predicted molar refractivity (Wildman–Crippen MR) is 129 cm³/mol. The van der Waals surface area contributed by atoms with Gasteiger partial charge in [-0.25, -0.2) is 8.78 Å². The van der Waals surface area contributed by atoms with Gasteiger partial charge >= 0.3 is 182 Å². The first-order valence-corrected chi connectivity index (χ1v) is 12.4. The summed E-state index contributed by atoms with van der Waals surface area (Å²) in [5.41, 5.74) is 1.93. The van der Waals surface area contributed by atoms with E-state index in [0.29, 0.717) is 22.3 Å². The summed E-state index contributed by atoms with van der Waals surface area (Å²) in [5, 5.41) is 2.83. The van der Waals surface area contributed by atoms with Gasteiger partial charge in [-0.2, -0.15) is 0 Å². The maximum atomic E-state index is 13.8. The first-order chi connectivity index (χ1) is 17.1. The summed E-state index contributed by atoms with van der Waals surface area (Å²) in [6, 6.07) is 5.97. The van der Waals surface area contributed by atoms with Crippen LogP contribution < -0.4 is 10.9 Å². The third-order valence-electron chi connectivity index (χ3n) is 5.95. The number of anilines is 1. The molecule has 1 amide bonds. The van der Waals surface area contributed by atoms with Crippen molar-refractivity contribution in [2.75, 3.05) is 11.9 Å². The van der Waals surface area contributed by atoms with Crippen molar-refractivity contribution in [2.45, 2.75) is 20.4 Å². The molecular weight excluding hydrogens is 542 g/mol. The first kappa shape index (κ1) is 23.9. The number of hydrogen-bond donors (Lipinski definition) is 2. The van der Waals surface area contributed by atoms with Crippen molar-refractivity contribution in [3.05, 3.63) is 86.2 Å². The molecule has 7 nitrogen and oxygen atoms in total. The number of halogens is 3. The van der Waals surface area contributed by atoms with Gasteiger partial charge in [0.15, 0.2) is 11.6 Å². The molecule has 5 rings (SSSR count). The standard InChI is InChI=1S/C25H18F3N3O4Se/c1-11-19(9-15-14-8-17(27)18(28)10-20(14)30-23(15)32)29-12(2)22(11)25(34)35-6-5-31-24(33)16-7-13(26)3-4-21(16)36-31/h3-4,7-10,29H,5-6H2,1-2H3,(H,30,32)/b15-9-. The van der Waals surface area contributed by atoms with Gasteiger partial charge < -0.3 is 0 Å². The van der Waals surface area contributed by atoms with E-state index in [0.717, 1.165) is 16.4 Å². The van der Waals surface area contributed by atoms with Crippen LogP contribution in [0.1, 0.15) is 32.9 Å². The number of nitrogens with one attached hydrogen (secondary N) is 2. The molecule has 0 unspecified atom stereocenters. The molecule has 0 aliphatic carbocycles. The molecule has 2 aromatic carbocycles. The molecule has 1 aliphatic heterocycles. The molecule has 0 saturated carbocycles. The van der Waals surface area contributed by atoms with Gasteiger partial charge in [-0.1, -0.05) is 0 Å². The van der Waals surface area contributed by atoms with Gasteiger partial charge in [0.2, 0.25) is 0 Å². The number of H-pyrrole nitrogens is 1. The Morgan fingerprint density at radius 1 is 1.11 bits per heavy atom. The third-order valence-corrected chi connectivity index (χ3v) is 8.30. The number of benzene rings is 2. The van der Waals surface area contributed by atoms with E-state index in [9.17, 15) is 27.6 Å². The van der Waals surface area contributed by atoms with Gasteiger partial charge in [-0.15, -0.1) is 0 Å². The van der Waals surface area contributed by atoms with Gasteiger partial charge in [0.05, 0.1) is 0 Å². The Hall–Kier alpha value is -3.82. The van der Waals surface area contributed by atoms with Crippen molar-refractivity contribution in [2.24, 2.45) is 0 Å². The molecule has 4 aromatic rings. The summed E-state index contributed by atoms with van der Waals surface area (Å²) in [4.78, 5) is 40.7. The zero-order valence-electron chi connectivity index (χ0n) is 19.0. The summed E-state index contributed by atoms with van der Waals surface area (Å²) < 4.78 is 48.5. The van der Waals surface area contributed by atoms with E-state index in [1.807, 2.05) is 0 Å². The Morgan fingerprint density at radius 3 is 2.64 bits per heavy atom. The Kier molecular flexibility index (Phi) is 5.97. The quantitative estimate of drug-likeness (QED) is 0.221. The fraction of sp³-hybridized carbons (Fsp3) is 0.160. The molecule has 184 valence electrons. The first-order valence-electron chi connectivity index (χ1n) is 10.8. The van der Waals surface area contributed by atoms with Crippen LogP contribution in [-0.4, -0.2) is 41.8 Å². The number of nitrogens with zero attached hydrogens (tertiary/aromatic N) is 1. The van der Waals surface area contributed by atoms with E-state index < -0.39 is 29.3 Å². The Morgan fingerprint density at radius 2 is 1.86 bits per heavy atom. The number of aromatic amines is 1. The molecule has 36 heavy (non-hydrogen) atoms. The Labute approximate surface area is 208 Å². The van der Waals surface area contributed by atoms with Gasteiger partial charge in [0.25, 0.3) is 0 Å². The number of hydrogen-bond acceptors (Lipinski definition) is 4. The number of aryl methyl sites for hydroxylation is 1. The number of aromatic nitrogens is 2. The molecule has 0 atom stereocenters. The second-order valence-electron chi connectivity index (χ2n) is 8.26. The summed E-state index contributed by atoms with van der Waals surface area (Å²) in [6.45, 7) is 3.45. The number of esters is 1. The van der Waals surface area contributed by atoms with Crippen LogP contribution in [0, 0.1) is 31.3 Å². The fourth-order valence-corrected chi connectivity index (χ4v) is 6.19. The number of carbonyl (C=O) groups excluding carboxylic acids is 2. The van der Waals surface area contributed by atoms with Crippen LogP contribution in [0.4, 0.5) is 18.9 Å². The number of amides is 1. The number of rotatable bonds is 5. The summed E-state index contributed by atoms with van der Waals surface area (Å²) in [5.74, 6) is -3.76. The van der Waals surface area contributed by atoms with Crippen LogP contribution in [0.5, 0.6) is 0 Å². The molecule has 2 N–H and O–H groups in total. The number of ether oxygens (including phenoxy) is 1. The normalized spacial score (nSPS) is 13.9. The molecular formula is C25H18F3N3O4Se. The topological polar surface area (TPSA) is 93.2 Å². The molecule has 11 heteroatoms. The van der Waals surface area contributed by atoms with E-state index >= 15 is 0 Å². The van der Waals surface area contributed by atoms with Crippen molar-refractivity contribution in [1.29, 1.82) is 0 Å². The third kappa shape index (κ3) is 4.10. The van der Waals surface area contributed by atoms with Crippen molar-refractivity contribution >= 4 is 53.6 Å². The van der Waals surface area contributed by atoms with Crippen LogP contribution in [-0.2, 0) is 16.1 Å². The van der Waals surface area contributed by atoms with Crippen LogP contribution in [0.2, 0.25) is 0 Å². The van der Waals surface area contributed by atoms with E-state index in [-0.39, 0.29) is 55.8 Å². The van der Waals surface area contributed by atoms with Gasteiger partial charge in [-0.3, -0.25) is 0 Å². The molecule has 1 aliphatic rings.